The molecule has 0 spiro atoms. The van der Waals surface area contributed by atoms with Crippen LogP contribution in [0, 0.1) is 11.7 Å². The molecule has 1 aliphatic carbocycles. The highest BCUT2D eigenvalue weighted by Crippen LogP contribution is 2.34. The number of carbonyl (C=O) groups is 2. The summed E-state index contributed by atoms with van der Waals surface area (Å²) in [6, 6.07) is 7.84. The van der Waals surface area contributed by atoms with E-state index in [1.807, 2.05) is 23.3 Å². The normalized spacial score (nSPS) is 18.1. The van der Waals surface area contributed by atoms with E-state index in [0.717, 1.165) is 24.8 Å². The summed E-state index contributed by atoms with van der Waals surface area (Å²) in [5.74, 6) is 0.596. The molecule has 0 radical (unpaired) electrons. The number of thiophene rings is 1. The highest BCUT2D eigenvalue weighted by molar-refractivity contribution is 7.10. The Morgan fingerprint density at radius 3 is 2.87 bits per heavy atom. The molecule has 0 unspecified atom stereocenters. The maximum absolute atomic E-state index is 13.5. The molecule has 5 nitrogen and oxygen atoms in total. The molecular formula is C23H27FN2O3S. The number of hydrogen-bond donors (Lipinski definition) is 0. The smallest absolute Gasteiger partial charge is 0.242 e. The summed E-state index contributed by atoms with van der Waals surface area (Å²) in [6.07, 6.45) is 3.47. The van der Waals surface area contributed by atoms with Gasteiger partial charge in [-0.15, -0.1) is 11.3 Å². The van der Waals surface area contributed by atoms with Gasteiger partial charge in [-0.25, -0.2) is 4.39 Å². The molecule has 160 valence electrons. The van der Waals surface area contributed by atoms with Crippen molar-refractivity contribution in [1.29, 1.82) is 0 Å². The minimum atomic E-state index is -0.353. The number of amides is 2. The Labute approximate surface area is 180 Å². The molecule has 1 atom stereocenters. The fraction of sp³-hybridized carbons (Fsp3) is 0.478. The fourth-order valence-electron chi connectivity index (χ4n) is 3.95. The van der Waals surface area contributed by atoms with Gasteiger partial charge in [-0.05, 0) is 54.3 Å². The van der Waals surface area contributed by atoms with Gasteiger partial charge in [0.05, 0.1) is 12.6 Å². The lowest BCUT2D eigenvalue weighted by atomic mass is 10.0. The van der Waals surface area contributed by atoms with E-state index in [4.69, 9.17) is 4.74 Å². The van der Waals surface area contributed by atoms with Crippen LogP contribution in [-0.4, -0.2) is 47.9 Å². The predicted molar refractivity (Wildman–Crippen MR) is 114 cm³/mol. The van der Waals surface area contributed by atoms with Crippen LogP contribution in [0.25, 0.3) is 0 Å². The second-order valence-corrected chi connectivity index (χ2v) is 8.99. The van der Waals surface area contributed by atoms with Crippen molar-refractivity contribution in [2.75, 3.05) is 26.2 Å². The quantitative estimate of drug-likeness (QED) is 0.635. The van der Waals surface area contributed by atoms with Crippen molar-refractivity contribution in [3.63, 3.8) is 0 Å². The van der Waals surface area contributed by atoms with Crippen molar-refractivity contribution in [3.05, 3.63) is 52.0 Å². The molecule has 30 heavy (non-hydrogen) atoms. The minimum absolute atomic E-state index is 0.0241. The molecular weight excluding hydrogens is 403 g/mol. The number of hydrogen-bond acceptors (Lipinski definition) is 4. The van der Waals surface area contributed by atoms with E-state index in [0.29, 0.717) is 31.2 Å². The average Bonchev–Trinajstić information content (AvgIpc) is 3.43. The third-order valence-electron chi connectivity index (χ3n) is 5.78. The van der Waals surface area contributed by atoms with E-state index in [-0.39, 0.29) is 36.8 Å². The van der Waals surface area contributed by atoms with Crippen LogP contribution in [-0.2, 0) is 16.0 Å². The van der Waals surface area contributed by atoms with E-state index < -0.39 is 0 Å². The van der Waals surface area contributed by atoms with Crippen molar-refractivity contribution in [2.24, 2.45) is 5.92 Å². The highest BCUT2D eigenvalue weighted by Gasteiger charge is 2.34. The van der Waals surface area contributed by atoms with Crippen LogP contribution in [0.1, 0.15) is 42.7 Å². The first kappa shape index (κ1) is 20.8. The number of carbonyl (C=O) groups excluding carboxylic acids is 2. The molecule has 1 aromatic carbocycles. The highest BCUT2D eigenvalue weighted by atomic mass is 32.1. The number of benzene rings is 1. The second-order valence-electron chi connectivity index (χ2n) is 7.99. The molecule has 4 rings (SSSR count). The van der Waals surface area contributed by atoms with Crippen molar-refractivity contribution in [3.8, 4) is 5.75 Å². The summed E-state index contributed by atoms with van der Waals surface area (Å²) in [4.78, 5) is 30.4. The number of rotatable bonds is 8. The second kappa shape index (κ2) is 9.16. The molecule has 2 amide bonds. The SMILES string of the molecule is CCC(=O)N(CC(=O)N1CCc2sccc2[C@H]1COc1cccc(F)c1)CC1CC1. The zero-order chi connectivity index (χ0) is 21.1. The summed E-state index contributed by atoms with van der Waals surface area (Å²) in [5.41, 5.74) is 1.09. The van der Waals surface area contributed by atoms with Gasteiger partial charge in [0.15, 0.2) is 0 Å². The topological polar surface area (TPSA) is 49.9 Å². The summed E-state index contributed by atoms with van der Waals surface area (Å²) < 4.78 is 19.4. The van der Waals surface area contributed by atoms with E-state index in [9.17, 15) is 14.0 Å². The summed E-state index contributed by atoms with van der Waals surface area (Å²) in [5, 5.41) is 2.04. The Hall–Kier alpha value is -2.41. The van der Waals surface area contributed by atoms with Crippen molar-refractivity contribution >= 4 is 23.2 Å². The van der Waals surface area contributed by atoms with Crippen LogP contribution in [0.5, 0.6) is 5.75 Å². The minimum Gasteiger partial charge on any atom is -0.491 e. The molecule has 1 aliphatic heterocycles. The summed E-state index contributed by atoms with van der Waals surface area (Å²) in [6.45, 7) is 3.46. The first-order valence-corrected chi connectivity index (χ1v) is 11.4. The summed E-state index contributed by atoms with van der Waals surface area (Å²) >= 11 is 1.69. The average molecular weight is 431 g/mol. The molecule has 1 fully saturated rings. The monoisotopic (exact) mass is 430 g/mol. The van der Waals surface area contributed by atoms with Crippen molar-refractivity contribution in [1.82, 2.24) is 9.80 Å². The molecule has 0 saturated heterocycles. The van der Waals surface area contributed by atoms with E-state index in [2.05, 4.69) is 0 Å². The maximum Gasteiger partial charge on any atom is 0.242 e. The van der Waals surface area contributed by atoms with Gasteiger partial charge in [0.25, 0.3) is 0 Å². The van der Waals surface area contributed by atoms with Gasteiger partial charge in [-0.3, -0.25) is 9.59 Å². The molecule has 2 aliphatic rings. The standard InChI is InChI=1S/C23H27FN2O3S/c1-2-22(27)25(13-16-6-7-16)14-23(28)26-10-8-21-19(9-11-30-21)20(26)15-29-18-5-3-4-17(24)12-18/h3-5,9,11-12,16,20H,2,6-8,10,13-15H2,1H3/t20-/m1/s1. The first-order valence-electron chi connectivity index (χ1n) is 10.6. The van der Waals surface area contributed by atoms with Gasteiger partial charge in [-0.2, -0.15) is 0 Å². The molecule has 2 heterocycles. The molecule has 1 saturated carbocycles. The Kier molecular flexibility index (Phi) is 6.37. The van der Waals surface area contributed by atoms with Crippen LogP contribution in [0.2, 0.25) is 0 Å². The van der Waals surface area contributed by atoms with Crippen LogP contribution < -0.4 is 4.74 Å². The number of halogens is 1. The van der Waals surface area contributed by atoms with Gasteiger partial charge in [0, 0.05) is 30.5 Å². The predicted octanol–water partition coefficient (Wildman–Crippen LogP) is 4.04. The number of ether oxygens (including phenoxy) is 1. The van der Waals surface area contributed by atoms with Gasteiger partial charge in [0.2, 0.25) is 11.8 Å². The van der Waals surface area contributed by atoms with Crippen molar-refractivity contribution < 1.29 is 18.7 Å². The summed E-state index contributed by atoms with van der Waals surface area (Å²) in [7, 11) is 0. The van der Waals surface area contributed by atoms with E-state index >= 15 is 0 Å². The van der Waals surface area contributed by atoms with Gasteiger partial charge >= 0.3 is 0 Å². The largest absolute Gasteiger partial charge is 0.491 e. The lowest BCUT2D eigenvalue weighted by molar-refractivity contribution is -0.142. The zero-order valence-corrected chi connectivity index (χ0v) is 18.0. The fourth-order valence-corrected chi connectivity index (χ4v) is 4.88. The van der Waals surface area contributed by atoms with Crippen LogP contribution in [0.15, 0.2) is 35.7 Å². The molecule has 2 aromatic rings. The van der Waals surface area contributed by atoms with Gasteiger partial charge < -0.3 is 14.5 Å². The van der Waals surface area contributed by atoms with E-state index in [1.54, 1.807) is 28.4 Å². The van der Waals surface area contributed by atoms with Crippen molar-refractivity contribution in [2.45, 2.75) is 38.6 Å². The van der Waals surface area contributed by atoms with Crippen LogP contribution >= 0.6 is 11.3 Å². The third kappa shape index (κ3) is 4.83. The van der Waals surface area contributed by atoms with E-state index in [1.165, 1.54) is 17.0 Å². The Morgan fingerprint density at radius 2 is 2.13 bits per heavy atom. The zero-order valence-electron chi connectivity index (χ0n) is 17.2. The first-order chi connectivity index (χ1) is 14.5. The molecule has 0 N–H and O–H groups in total. The maximum atomic E-state index is 13.5. The molecule has 7 heteroatoms. The van der Waals surface area contributed by atoms with Crippen LogP contribution in [0.3, 0.4) is 0 Å². The third-order valence-corrected chi connectivity index (χ3v) is 6.77. The Bertz CT molecular complexity index is 911. The lowest BCUT2D eigenvalue weighted by Gasteiger charge is -2.37. The number of fused-ring (bicyclic) bond motifs is 1. The number of nitrogens with zero attached hydrogens (tertiary/aromatic N) is 2. The van der Waals surface area contributed by atoms with Gasteiger partial charge in [0.1, 0.15) is 18.2 Å². The van der Waals surface area contributed by atoms with Crippen LogP contribution in [0.4, 0.5) is 4.39 Å². The Morgan fingerprint density at radius 1 is 1.30 bits per heavy atom. The Balaban J connectivity index is 1.49. The molecule has 0 bridgehead atoms. The molecule has 1 aromatic heterocycles. The van der Waals surface area contributed by atoms with Gasteiger partial charge in [-0.1, -0.05) is 13.0 Å². The lowest BCUT2D eigenvalue weighted by Crippen LogP contribution is -2.48.